The monoisotopic (exact) mass is 441 g/mol. The van der Waals surface area contributed by atoms with Gasteiger partial charge in [-0.25, -0.2) is 4.98 Å². The van der Waals surface area contributed by atoms with Crippen molar-refractivity contribution in [2.24, 2.45) is 0 Å². The SMILES string of the molecule is COc1ccccc1N(C(C)=O)c1nc(CSc2nncn2Cc2ccco2)cs1. The largest absolute Gasteiger partial charge is 0.495 e. The molecule has 0 bridgehead atoms. The summed E-state index contributed by atoms with van der Waals surface area (Å²) in [6, 6.07) is 11.2. The number of thioether (sulfide) groups is 1. The van der Waals surface area contributed by atoms with Crippen LogP contribution >= 0.6 is 23.1 Å². The number of aromatic nitrogens is 4. The maximum atomic E-state index is 12.4. The van der Waals surface area contributed by atoms with Gasteiger partial charge in [-0.05, 0) is 24.3 Å². The number of ether oxygens (including phenoxy) is 1. The van der Waals surface area contributed by atoms with E-state index < -0.39 is 0 Å². The molecule has 10 heteroatoms. The topological polar surface area (TPSA) is 86.3 Å². The van der Waals surface area contributed by atoms with Crippen LogP contribution in [0.4, 0.5) is 10.8 Å². The number of hydrogen-bond acceptors (Lipinski definition) is 8. The molecule has 0 spiro atoms. The first-order valence-electron chi connectivity index (χ1n) is 9.07. The highest BCUT2D eigenvalue weighted by molar-refractivity contribution is 7.98. The van der Waals surface area contributed by atoms with E-state index >= 15 is 0 Å². The predicted octanol–water partition coefficient (Wildman–Crippen LogP) is 4.36. The molecule has 0 aliphatic heterocycles. The lowest BCUT2D eigenvalue weighted by Gasteiger charge is -2.20. The van der Waals surface area contributed by atoms with E-state index in [1.807, 2.05) is 46.3 Å². The van der Waals surface area contributed by atoms with E-state index in [2.05, 4.69) is 15.2 Å². The van der Waals surface area contributed by atoms with Gasteiger partial charge in [0.2, 0.25) is 5.91 Å². The molecule has 1 aromatic carbocycles. The molecule has 0 N–H and O–H groups in total. The molecule has 0 aliphatic rings. The molecule has 0 unspecified atom stereocenters. The van der Waals surface area contributed by atoms with Gasteiger partial charge in [0.25, 0.3) is 0 Å². The summed E-state index contributed by atoms with van der Waals surface area (Å²) in [6.07, 6.45) is 3.32. The molecule has 0 radical (unpaired) electrons. The quantitative estimate of drug-likeness (QED) is 0.376. The van der Waals surface area contributed by atoms with Gasteiger partial charge in [0.05, 0.1) is 31.3 Å². The third kappa shape index (κ3) is 4.39. The van der Waals surface area contributed by atoms with Gasteiger partial charge in [0, 0.05) is 18.1 Å². The Bertz CT molecular complexity index is 1120. The molecule has 4 rings (SSSR count). The fourth-order valence-corrected chi connectivity index (χ4v) is 4.65. The lowest BCUT2D eigenvalue weighted by molar-refractivity contribution is -0.115. The summed E-state index contributed by atoms with van der Waals surface area (Å²) in [5.41, 5.74) is 1.52. The van der Waals surface area contributed by atoms with E-state index in [4.69, 9.17) is 9.15 Å². The molecule has 4 aromatic rings. The lowest BCUT2D eigenvalue weighted by atomic mass is 10.2. The second kappa shape index (κ2) is 9.14. The van der Waals surface area contributed by atoms with Crippen LogP contribution in [0, 0.1) is 0 Å². The van der Waals surface area contributed by atoms with Crippen LogP contribution in [-0.2, 0) is 17.1 Å². The van der Waals surface area contributed by atoms with E-state index in [0.717, 1.165) is 16.6 Å². The molecular formula is C20H19N5O3S2. The summed E-state index contributed by atoms with van der Waals surface area (Å²) in [4.78, 5) is 18.6. The fourth-order valence-electron chi connectivity index (χ4n) is 2.86. The normalized spacial score (nSPS) is 10.9. The van der Waals surface area contributed by atoms with Gasteiger partial charge in [-0.2, -0.15) is 0 Å². The zero-order valence-electron chi connectivity index (χ0n) is 16.4. The maximum absolute atomic E-state index is 12.4. The predicted molar refractivity (Wildman–Crippen MR) is 115 cm³/mol. The van der Waals surface area contributed by atoms with Crippen molar-refractivity contribution in [2.75, 3.05) is 12.0 Å². The van der Waals surface area contributed by atoms with E-state index in [1.54, 1.807) is 24.6 Å². The minimum Gasteiger partial charge on any atom is -0.495 e. The Kier molecular flexibility index (Phi) is 6.15. The summed E-state index contributed by atoms with van der Waals surface area (Å²) in [5.74, 6) is 1.92. The van der Waals surface area contributed by atoms with Crippen LogP contribution < -0.4 is 9.64 Å². The van der Waals surface area contributed by atoms with Crippen molar-refractivity contribution in [3.05, 3.63) is 65.8 Å². The zero-order valence-corrected chi connectivity index (χ0v) is 18.0. The number of nitrogens with zero attached hydrogens (tertiary/aromatic N) is 5. The standard InChI is InChI=1S/C20H19N5O3S2/c1-14(26)25(17-7-3-4-8-18(17)27-2)19-22-15(11-29-19)12-30-20-23-21-13-24(20)10-16-6-5-9-28-16/h3-9,11,13H,10,12H2,1-2H3. The lowest BCUT2D eigenvalue weighted by Crippen LogP contribution is -2.23. The van der Waals surface area contributed by atoms with Crippen LogP contribution in [0.5, 0.6) is 5.75 Å². The summed E-state index contributed by atoms with van der Waals surface area (Å²) in [5, 5.41) is 11.5. The Morgan fingerprint density at radius 3 is 2.93 bits per heavy atom. The Balaban J connectivity index is 1.49. The Hall–Kier alpha value is -3.11. The molecule has 0 saturated carbocycles. The van der Waals surface area contributed by atoms with Crippen molar-refractivity contribution in [2.45, 2.75) is 24.4 Å². The number of carbonyl (C=O) groups excluding carboxylic acids is 1. The van der Waals surface area contributed by atoms with Gasteiger partial charge < -0.3 is 13.7 Å². The number of benzene rings is 1. The van der Waals surface area contributed by atoms with Crippen molar-refractivity contribution >= 4 is 39.8 Å². The van der Waals surface area contributed by atoms with Crippen molar-refractivity contribution < 1.29 is 13.9 Å². The summed E-state index contributed by atoms with van der Waals surface area (Å²) in [7, 11) is 1.58. The second-order valence-corrected chi connectivity index (χ2v) is 8.04. The number of hydrogen-bond donors (Lipinski definition) is 0. The Morgan fingerprint density at radius 1 is 1.30 bits per heavy atom. The molecule has 1 amide bonds. The molecule has 154 valence electrons. The minimum atomic E-state index is -0.133. The summed E-state index contributed by atoms with van der Waals surface area (Å²) < 4.78 is 12.7. The molecule has 0 aliphatic carbocycles. The Morgan fingerprint density at radius 2 is 2.17 bits per heavy atom. The first-order chi connectivity index (χ1) is 14.7. The van der Waals surface area contributed by atoms with Gasteiger partial charge >= 0.3 is 0 Å². The highest BCUT2D eigenvalue weighted by Crippen LogP contribution is 2.36. The van der Waals surface area contributed by atoms with Gasteiger partial charge in [0.15, 0.2) is 10.3 Å². The van der Waals surface area contributed by atoms with Crippen LogP contribution in [-0.4, -0.2) is 32.8 Å². The number of amides is 1. The fraction of sp³-hybridized carbons (Fsp3) is 0.200. The summed E-state index contributed by atoms with van der Waals surface area (Å²) >= 11 is 2.94. The third-order valence-electron chi connectivity index (χ3n) is 4.21. The van der Waals surface area contributed by atoms with Crippen LogP contribution in [0.25, 0.3) is 0 Å². The molecule has 30 heavy (non-hydrogen) atoms. The van der Waals surface area contributed by atoms with Crippen molar-refractivity contribution in [3.8, 4) is 5.75 Å². The summed E-state index contributed by atoms with van der Waals surface area (Å²) in [6.45, 7) is 2.08. The van der Waals surface area contributed by atoms with Crippen LogP contribution in [0.2, 0.25) is 0 Å². The van der Waals surface area contributed by atoms with Crippen molar-refractivity contribution in [3.63, 3.8) is 0 Å². The number of rotatable bonds is 8. The molecule has 0 atom stereocenters. The number of methoxy groups -OCH3 is 1. The highest BCUT2D eigenvalue weighted by Gasteiger charge is 2.21. The van der Waals surface area contributed by atoms with Gasteiger partial charge in [-0.15, -0.1) is 21.5 Å². The molecule has 0 fully saturated rings. The van der Waals surface area contributed by atoms with Crippen LogP contribution in [0.3, 0.4) is 0 Å². The average molecular weight is 442 g/mol. The van der Waals surface area contributed by atoms with Crippen LogP contribution in [0.1, 0.15) is 18.4 Å². The average Bonchev–Trinajstić information content (AvgIpc) is 3.50. The van der Waals surface area contributed by atoms with Crippen LogP contribution in [0.15, 0.2) is 63.9 Å². The number of para-hydroxylation sites is 2. The number of anilines is 2. The van der Waals surface area contributed by atoms with E-state index in [-0.39, 0.29) is 5.91 Å². The second-order valence-electron chi connectivity index (χ2n) is 6.26. The number of carbonyl (C=O) groups is 1. The zero-order chi connectivity index (χ0) is 20.9. The molecule has 8 nitrogen and oxygen atoms in total. The molecular weight excluding hydrogens is 422 g/mol. The number of thiazole rings is 1. The first kappa shape index (κ1) is 20.2. The molecule has 0 saturated heterocycles. The van der Waals surface area contributed by atoms with Crippen molar-refractivity contribution in [1.82, 2.24) is 19.7 Å². The van der Waals surface area contributed by atoms with Gasteiger partial charge in [-0.1, -0.05) is 23.9 Å². The van der Waals surface area contributed by atoms with Gasteiger partial charge in [0.1, 0.15) is 17.8 Å². The van der Waals surface area contributed by atoms with E-state index in [9.17, 15) is 4.79 Å². The third-order valence-corrected chi connectivity index (χ3v) is 6.10. The van der Waals surface area contributed by atoms with Gasteiger partial charge in [-0.3, -0.25) is 9.69 Å². The molecule has 3 aromatic heterocycles. The highest BCUT2D eigenvalue weighted by atomic mass is 32.2. The van der Waals surface area contributed by atoms with E-state index in [0.29, 0.717) is 28.9 Å². The van der Waals surface area contributed by atoms with E-state index in [1.165, 1.54) is 30.0 Å². The Labute approximate surface area is 181 Å². The molecule has 3 heterocycles. The first-order valence-corrected chi connectivity index (χ1v) is 10.9. The maximum Gasteiger partial charge on any atom is 0.230 e. The van der Waals surface area contributed by atoms with Crippen molar-refractivity contribution in [1.29, 1.82) is 0 Å². The minimum absolute atomic E-state index is 0.133. The smallest absolute Gasteiger partial charge is 0.230 e. The number of furan rings is 1.